The van der Waals surface area contributed by atoms with Crippen molar-refractivity contribution < 1.29 is 4.74 Å². The molecule has 2 aromatic rings. The fourth-order valence-electron chi connectivity index (χ4n) is 4.49. The fourth-order valence-corrected chi connectivity index (χ4v) is 4.49. The van der Waals surface area contributed by atoms with Gasteiger partial charge in [-0.05, 0) is 92.9 Å². The van der Waals surface area contributed by atoms with Crippen molar-refractivity contribution in [2.75, 3.05) is 13.1 Å². The van der Waals surface area contributed by atoms with Crippen LogP contribution in [0, 0.1) is 11.8 Å². The maximum Gasteiger partial charge on any atom is 0.120 e. The Balaban J connectivity index is 1.17. The number of ether oxygens (including phenoxy) is 1. The molecule has 5 rings (SSSR count). The smallest absolute Gasteiger partial charge is 0.120 e. The van der Waals surface area contributed by atoms with Crippen LogP contribution in [0.15, 0.2) is 36.7 Å². The van der Waals surface area contributed by atoms with E-state index in [0.29, 0.717) is 6.10 Å². The van der Waals surface area contributed by atoms with Gasteiger partial charge in [0.1, 0.15) is 5.75 Å². The first-order valence-electron chi connectivity index (χ1n) is 10.6. The van der Waals surface area contributed by atoms with Gasteiger partial charge < -0.3 is 4.74 Å². The zero-order chi connectivity index (χ0) is 17.3. The Hall–Kier alpha value is -1.61. The van der Waals surface area contributed by atoms with Crippen LogP contribution in [0.4, 0.5) is 0 Å². The summed E-state index contributed by atoms with van der Waals surface area (Å²) in [5.41, 5.74) is 0. The Bertz CT molecular complexity index is 731. The Kier molecular flexibility index (Phi) is 4.58. The third-order valence-electron chi connectivity index (χ3n) is 6.45. The minimum Gasteiger partial charge on any atom is -0.490 e. The molecule has 3 aliphatic rings. The molecule has 3 saturated carbocycles. The monoisotopic (exact) mass is 350 g/mol. The van der Waals surface area contributed by atoms with E-state index < -0.39 is 0 Å². The van der Waals surface area contributed by atoms with Crippen molar-refractivity contribution in [3.05, 3.63) is 36.7 Å². The highest BCUT2D eigenvalue weighted by Crippen LogP contribution is 2.37. The van der Waals surface area contributed by atoms with Crippen molar-refractivity contribution >= 4 is 10.8 Å². The van der Waals surface area contributed by atoms with Crippen LogP contribution < -0.4 is 4.74 Å². The number of nitrogens with zero attached hydrogens (tertiary/aromatic N) is 2. The number of fused-ring (bicyclic) bond motifs is 1. The molecule has 0 saturated heterocycles. The Morgan fingerprint density at radius 1 is 0.846 bits per heavy atom. The summed E-state index contributed by atoms with van der Waals surface area (Å²) in [7, 11) is 0. The molecule has 3 aliphatic carbocycles. The lowest BCUT2D eigenvalue weighted by molar-refractivity contribution is 0.0825. The minimum absolute atomic E-state index is 0.384. The summed E-state index contributed by atoms with van der Waals surface area (Å²) in [6.45, 7) is 2.73. The molecule has 0 radical (unpaired) electrons. The first kappa shape index (κ1) is 16.6. The summed E-state index contributed by atoms with van der Waals surface area (Å²) in [5.74, 6) is 3.03. The van der Waals surface area contributed by atoms with E-state index in [0.717, 1.165) is 23.6 Å². The van der Waals surface area contributed by atoms with Crippen LogP contribution in [0.25, 0.3) is 10.8 Å². The second-order valence-electron chi connectivity index (χ2n) is 8.77. The number of pyridine rings is 1. The molecule has 1 aromatic heterocycles. The summed E-state index contributed by atoms with van der Waals surface area (Å²) in [6.07, 6.45) is 15.0. The van der Waals surface area contributed by atoms with E-state index in [9.17, 15) is 0 Å². The summed E-state index contributed by atoms with van der Waals surface area (Å²) >= 11 is 0. The maximum absolute atomic E-state index is 6.34. The molecule has 0 N–H and O–H groups in total. The first-order valence-corrected chi connectivity index (χ1v) is 10.6. The normalized spacial score (nSPS) is 26.3. The molecule has 0 bridgehead atoms. The Labute approximate surface area is 156 Å². The molecule has 0 amide bonds. The van der Waals surface area contributed by atoms with Gasteiger partial charge in [0, 0.05) is 36.9 Å². The average Bonchev–Trinajstić information content (AvgIpc) is 3.58. The Morgan fingerprint density at radius 3 is 2.27 bits per heavy atom. The summed E-state index contributed by atoms with van der Waals surface area (Å²) in [5, 5.41) is 2.39. The van der Waals surface area contributed by atoms with Gasteiger partial charge in [-0.15, -0.1) is 0 Å². The summed E-state index contributed by atoms with van der Waals surface area (Å²) in [6, 6.07) is 9.25. The van der Waals surface area contributed by atoms with Crippen LogP contribution in [-0.2, 0) is 0 Å². The van der Waals surface area contributed by atoms with Gasteiger partial charge in [0.15, 0.2) is 0 Å². The van der Waals surface area contributed by atoms with Gasteiger partial charge in [-0.1, -0.05) is 0 Å². The molecule has 138 valence electrons. The molecular formula is C23H30N2O. The second kappa shape index (κ2) is 7.19. The quantitative estimate of drug-likeness (QED) is 0.699. The maximum atomic E-state index is 6.34. The fraction of sp³-hybridized carbons (Fsp3) is 0.609. The number of hydrogen-bond donors (Lipinski definition) is 0. The molecule has 1 aromatic carbocycles. The lowest BCUT2D eigenvalue weighted by atomic mass is 9.91. The average molecular weight is 351 g/mol. The molecule has 1 heterocycles. The zero-order valence-corrected chi connectivity index (χ0v) is 15.6. The van der Waals surface area contributed by atoms with Gasteiger partial charge >= 0.3 is 0 Å². The minimum atomic E-state index is 0.384. The zero-order valence-electron chi connectivity index (χ0n) is 15.6. The molecule has 0 unspecified atom stereocenters. The van der Waals surface area contributed by atoms with Gasteiger partial charge in [0.05, 0.1) is 6.10 Å². The molecular weight excluding hydrogens is 320 g/mol. The van der Waals surface area contributed by atoms with Gasteiger partial charge in [0.25, 0.3) is 0 Å². The van der Waals surface area contributed by atoms with E-state index in [4.69, 9.17) is 4.74 Å². The molecule has 3 fully saturated rings. The van der Waals surface area contributed by atoms with Gasteiger partial charge in [-0.3, -0.25) is 9.88 Å². The van der Waals surface area contributed by atoms with Crippen molar-refractivity contribution in [3.8, 4) is 5.75 Å². The van der Waals surface area contributed by atoms with Crippen molar-refractivity contribution in [2.24, 2.45) is 11.8 Å². The van der Waals surface area contributed by atoms with E-state index in [1.165, 1.54) is 75.2 Å². The molecule has 3 nitrogen and oxygen atoms in total. The predicted octanol–water partition coefficient (Wildman–Crippen LogP) is 5.05. The SMILES string of the molecule is c1cc2cc(OC3CCC(N(CC4CC4)CC4CC4)CC3)ccc2cn1. The van der Waals surface area contributed by atoms with Crippen LogP contribution in [-0.4, -0.2) is 35.1 Å². The van der Waals surface area contributed by atoms with Crippen LogP contribution in [0.2, 0.25) is 0 Å². The third-order valence-corrected chi connectivity index (χ3v) is 6.45. The number of hydrogen-bond acceptors (Lipinski definition) is 3. The van der Waals surface area contributed by atoms with E-state index in [1.54, 1.807) is 0 Å². The second-order valence-corrected chi connectivity index (χ2v) is 8.77. The van der Waals surface area contributed by atoms with Crippen molar-refractivity contribution in [1.29, 1.82) is 0 Å². The van der Waals surface area contributed by atoms with Crippen molar-refractivity contribution in [3.63, 3.8) is 0 Å². The third kappa shape index (κ3) is 4.03. The van der Waals surface area contributed by atoms with Crippen LogP contribution >= 0.6 is 0 Å². The number of rotatable bonds is 7. The van der Waals surface area contributed by atoms with Crippen LogP contribution in [0.1, 0.15) is 51.4 Å². The first-order chi connectivity index (χ1) is 12.8. The Morgan fingerprint density at radius 2 is 1.58 bits per heavy atom. The van der Waals surface area contributed by atoms with E-state index in [1.807, 2.05) is 12.4 Å². The standard InChI is InChI=1S/C23H30N2O/c1-2-17(1)15-25(16-18-3-4-18)21-6-9-22(10-7-21)26-23-8-5-20-14-24-12-11-19(20)13-23/h5,8,11-14,17-18,21-22H,1-4,6-7,9-10,15-16H2. The summed E-state index contributed by atoms with van der Waals surface area (Å²) < 4.78 is 6.34. The van der Waals surface area contributed by atoms with Gasteiger partial charge in [-0.2, -0.15) is 0 Å². The lowest BCUT2D eigenvalue weighted by Crippen LogP contribution is -2.42. The van der Waals surface area contributed by atoms with Crippen molar-refractivity contribution in [1.82, 2.24) is 9.88 Å². The van der Waals surface area contributed by atoms with Gasteiger partial charge in [-0.25, -0.2) is 0 Å². The number of benzene rings is 1. The topological polar surface area (TPSA) is 25.4 Å². The predicted molar refractivity (Wildman–Crippen MR) is 105 cm³/mol. The van der Waals surface area contributed by atoms with Crippen molar-refractivity contribution in [2.45, 2.75) is 63.5 Å². The highest BCUT2D eigenvalue weighted by molar-refractivity contribution is 5.82. The highest BCUT2D eigenvalue weighted by Gasteiger charge is 2.34. The van der Waals surface area contributed by atoms with Crippen LogP contribution in [0.3, 0.4) is 0 Å². The van der Waals surface area contributed by atoms with E-state index in [2.05, 4.69) is 34.1 Å². The highest BCUT2D eigenvalue weighted by atomic mass is 16.5. The van der Waals surface area contributed by atoms with E-state index >= 15 is 0 Å². The molecule has 26 heavy (non-hydrogen) atoms. The van der Waals surface area contributed by atoms with Gasteiger partial charge in [0.2, 0.25) is 0 Å². The van der Waals surface area contributed by atoms with Crippen LogP contribution in [0.5, 0.6) is 5.75 Å². The largest absolute Gasteiger partial charge is 0.490 e. The molecule has 3 heteroatoms. The molecule has 0 atom stereocenters. The summed E-state index contributed by atoms with van der Waals surface area (Å²) in [4.78, 5) is 7.04. The number of aromatic nitrogens is 1. The van der Waals surface area contributed by atoms with E-state index in [-0.39, 0.29) is 0 Å². The lowest BCUT2D eigenvalue weighted by Gasteiger charge is -2.37. The molecule has 0 spiro atoms. The molecule has 0 aliphatic heterocycles.